The number of hydrogen-bond acceptors (Lipinski definition) is 5. The highest BCUT2D eigenvalue weighted by Gasteiger charge is 2.31. The smallest absolute Gasteiger partial charge is 0.416 e. The Labute approximate surface area is 264 Å². The summed E-state index contributed by atoms with van der Waals surface area (Å²) < 4.78 is 45.2. The summed E-state index contributed by atoms with van der Waals surface area (Å²) >= 11 is 0. The second-order valence-corrected chi connectivity index (χ2v) is 11.1. The Morgan fingerprint density at radius 1 is 0.935 bits per heavy atom. The molecule has 0 saturated heterocycles. The molecule has 0 spiro atoms. The molecule has 0 aromatic heterocycles. The number of halogens is 3. The van der Waals surface area contributed by atoms with E-state index in [4.69, 9.17) is 4.74 Å². The molecule has 0 saturated carbocycles. The van der Waals surface area contributed by atoms with Crippen molar-refractivity contribution in [2.45, 2.75) is 45.3 Å². The second-order valence-electron chi connectivity index (χ2n) is 11.1. The Morgan fingerprint density at radius 3 is 2.30 bits per heavy atom. The molecule has 13 heteroatoms. The van der Waals surface area contributed by atoms with E-state index in [0.717, 1.165) is 17.0 Å². The van der Waals surface area contributed by atoms with Crippen molar-refractivity contribution in [2.24, 2.45) is 5.92 Å². The number of rotatable bonds is 13. The highest BCUT2D eigenvalue weighted by Crippen LogP contribution is 2.32. The van der Waals surface area contributed by atoms with Gasteiger partial charge in [0.25, 0.3) is 5.91 Å². The lowest BCUT2D eigenvalue weighted by atomic mass is 9.96. The van der Waals surface area contributed by atoms with Crippen LogP contribution in [0.25, 0.3) is 0 Å². The number of aliphatic carboxylic acids is 1. The number of para-hydroxylation sites is 1. The van der Waals surface area contributed by atoms with Gasteiger partial charge in [-0.3, -0.25) is 14.4 Å². The van der Waals surface area contributed by atoms with Gasteiger partial charge in [0.15, 0.2) is 6.61 Å². The largest absolute Gasteiger partial charge is 0.483 e. The predicted octanol–water partition coefficient (Wildman–Crippen LogP) is 5.96. The third-order valence-corrected chi connectivity index (χ3v) is 7.05. The molecular weight excluding hydrogens is 605 g/mol. The summed E-state index contributed by atoms with van der Waals surface area (Å²) in [7, 11) is 1.35. The number of carbonyl (C=O) groups excluding carboxylic acids is 3. The van der Waals surface area contributed by atoms with Crippen molar-refractivity contribution in [3.05, 3.63) is 89.5 Å². The first-order chi connectivity index (χ1) is 21.6. The van der Waals surface area contributed by atoms with Gasteiger partial charge in [0.05, 0.1) is 24.1 Å². The van der Waals surface area contributed by atoms with Crippen molar-refractivity contribution < 1.29 is 42.2 Å². The highest BCUT2D eigenvalue weighted by molar-refractivity contribution is 5.94. The van der Waals surface area contributed by atoms with E-state index in [1.807, 2.05) is 13.8 Å². The molecule has 0 radical (unpaired) electrons. The first-order valence-corrected chi connectivity index (χ1v) is 14.5. The van der Waals surface area contributed by atoms with Crippen LogP contribution in [-0.2, 0) is 20.6 Å². The molecule has 4 N–H and O–H groups in total. The number of carbonyl (C=O) groups is 4. The summed E-state index contributed by atoms with van der Waals surface area (Å²) in [6, 6.07) is 16.3. The van der Waals surface area contributed by atoms with Gasteiger partial charge in [0, 0.05) is 24.0 Å². The molecule has 0 aliphatic rings. The molecule has 0 aliphatic carbocycles. The van der Waals surface area contributed by atoms with Crippen LogP contribution in [0.2, 0.25) is 0 Å². The third-order valence-electron chi connectivity index (χ3n) is 7.05. The molecule has 0 fully saturated rings. The second kappa shape index (κ2) is 15.8. The summed E-state index contributed by atoms with van der Waals surface area (Å²) in [4.78, 5) is 50.6. The van der Waals surface area contributed by atoms with Gasteiger partial charge < -0.3 is 30.7 Å². The van der Waals surface area contributed by atoms with Crippen LogP contribution in [0.3, 0.4) is 0 Å². The molecule has 2 unspecified atom stereocenters. The van der Waals surface area contributed by atoms with Gasteiger partial charge in [-0.05, 0) is 61.2 Å². The lowest BCUT2D eigenvalue weighted by Crippen LogP contribution is -2.40. The average molecular weight is 643 g/mol. The van der Waals surface area contributed by atoms with Crippen LogP contribution in [0.15, 0.2) is 72.8 Å². The Kier molecular flexibility index (Phi) is 12.1. The van der Waals surface area contributed by atoms with Gasteiger partial charge >= 0.3 is 18.2 Å². The van der Waals surface area contributed by atoms with E-state index in [0.29, 0.717) is 29.0 Å². The molecular formula is C33H37F3N4O6. The first-order valence-electron chi connectivity index (χ1n) is 14.5. The Bertz CT molecular complexity index is 1550. The minimum Gasteiger partial charge on any atom is -0.483 e. The molecule has 246 valence electrons. The summed E-state index contributed by atoms with van der Waals surface area (Å²) in [5.41, 5.74) is 0.619. The zero-order valence-electron chi connectivity index (χ0n) is 25.9. The van der Waals surface area contributed by atoms with Gasteiger partial charge in [-0.25, -0.2) is 4.79 Å². The van der Waals surface area contributed by atoms with Crippen molar-refractivity contribution >= 4 is 35.2 Å². The van der Waals surface area contributed by atoms with Gasteiger partial charge in [0.1, 0.15) is 5.75 Å². The number of ether oxygens (including phenoxy) is 1. The summed E-state index contributed by atoms with van der Waals surface area (Å²) in [5.74, 6) is -2.42. The summed E-state index contributed by atoms with van der Waals surface area (Å²) in [6.07, 6.45) is -4.07. The fourth-order valence-electron chi connectivity index (χ4n) is 4.52. The first kappa shape index (κ1) is 35.4. The average Bonchev–Trinajstić information content (AvgIpc) is 3.01. The molecule has 46 heavy (non-hydrogen) atoms. The predicted molar refractivity (Wildman–Crippen MR) is 167 cm³/mol. The van der Waals surface area contributed by atoms with E-state index in [9.17, 15) is 37.5 Å². The topological polar surface area (TPSA) is 137 Å². The Hall–Kier alpha value is -5.07. The molecule has 0 heterocycles. The highest BCUT2D eigenvalue weighted by atomic mass is 19.4. The van der Waals surface area contributed by atoms with Crippen LogP contribution in [0, 0.1) is 5.92 Å². The van der Waals surface area contributed by atoms with E-state index in [1.165, 1.54) is 32.2 Å². The van der Waals surface area contributed by atoms with Crippen molar-refractivity contribution in [3.8, 4) is 5.75 Å². The summed E-state index contributed by atoms with van der Waals surface area (Å²) in [5, 5.41) is 17.2. The SMILES string of the molecule is CC(C)CC(NC(=O)CNC(=O)Nc1cccc(C(C)C(=O)O)c1)c1ccccc1OCC(=O)N(C)c1cccc(C(F)(F)F)c1. The van der Waals surface area contributed by atoms with E-state index >= 15 is 0 Å². The number of benzene rings is 3. The number of urea groups is 1. The van der Waals surface area contributed by atoms with Crippen LogP contribution in [-0.4, -0.2) is 49.1 Å². The molecule has 10 nitrogen and oxygen atoms in total. The number of carboxylic acids is 1. The van der Waals surface area contributed by atoms with E-state index in [1.54, 1.807) is 42.5 Å². The molecule has 4 amide bonds. The number of nitrogens with one attached hydrogen (secondary N) is 3. The normalized spacial score (nSPS) is 12.5. The Balaban J connectivity index is 1.64. The number of anilines is 2. The van der Waals surface area contributed by atoms with Crippen LogP contribution < -0.4 is 25.6 Å². The number of amides is 4. The maximum absolute atomic E-state index is 13.1. The maximum atomic E-state index is 13.1. The van der Waals surface area contributed by atoms with Crippen molar-refractivity contribution in [1.29, 1.82) is 0 Å². The van der Waals surface area contributed by atoms with Gasteiger partial charge in [-0.1, -0.05) is 50.2 Å². The van der Waals surface area contributed by atoms with Crippen molar-refractivity contribution in [2.75, 3.05) is 30.4 Å². The molecule has 2 atom stereocenters. The quantitative estimate of drug-likeness (QED) is 0.182. The number of hydrogen-bond donors (Lipinski definition) is 4. The molecule has 3 rings (SSSR count). The van der Waals surface area contributed by atoms with Gasteiger partial charge in [-0.15, -0.1) is 0 Å². The fraction of sp³-hybridized carbons (Fsp3) is 0.333. The van der Waals surface area contributed by atoms with Gasteiger partial charge in [0.2, 0.25) is 5.91 Å². The lowest BCUT2D eigenvalue weighted by Gasteiger charge is -2.24. The minimum absolute atomic E-state index is 0.0562. The molecule has 3 aromatic carbocycles. The fourth-order valence-corrected chi connectivity index (χ4v) is 4.52. The number of alkyl halides is 3. The third kappa shape index (κ3) is 10.2. The van der Waals surface area contributed by atoms with E-state index in [-0.39, 0.29) is 18.2 Å². The van der Waals surface area contributed by atoms with Gasteiger partial charge in [-0.2, -0.15) is 13.2 Å². The standard InChI is InChI=1S/C33H37F3N4O6/c1-20(2)15-27(39-29(41)18-37-32(45)38-24-11-7-9-22(16-24)21(3)31(43)44)26-13-5-6-14-28(26)46-19-30(42)40(4)25-12-8-10-23(17-25)33(34,35)36/h5-14,16-17,20-21,27H,15,18-19H2,1-4H3,(H,39,41)(H,43,44)(H2,37,38,45). The number of likely N-dealkylation sites (N-methyl/N-ethyl adjacent to an activating group) is 1. The minimum atomic E-state index is -4.56. The zero-order valence-corrected chi connectivity index (χ0v) is 25.9. The molecule has 0 bridgehead atoms. The monoisotopic (exact) mass is 642 g/mol. The van der Waals surface area contributed by atoms with E-state index < -0.39 is 54.1 Å². The van der Waals surface area contributed by atoms with Crippen molar-refractivity contribution in [3.63, 3.8) is 0 Å². The zero-order chi connectivity index (χ0) is 34.0. The molecule has 0 aliphatic heterocycles. The molecule has 3 aromatic rings. The van der Waals surface area contributed by atoms with Crippen LogP contribution in [0.1, 0.15) is 55.8 Å². The van der Waals surface area contributed by atoms with Crippen LogP contribution >= 0.6 is 0 Å². The lowest BCUT2D eigenvalue weighted by molar-refractivity contribution is -0.138. The maximum Gasteiger partial charge on any atom is 0.416 e. The number of carboxylic acid groups (broad SMARTS) is 1. The summed E-state index contributed by atoms with van der Waals surface area (Å²) in [6.45, 7) is 4.61. The Morgan fingerprint density at radius 2 is 1.63 bits per heavy atom. The van der Waals surface area contributed by atoms with Crippen LogP contribution in [0.5, 0.6) is 5.75 Å². The van der Waals surface area contributed by atoms with Crippen molar-refractivity contribution in [1.82, 2.24) is 10.6 Å². The van der Waals surface area contributed by atoms with Crippen LogP contribution in [0.4, 0.5) is 29.3 Å². The number of nitrogens with zero attached hydrogens (tertiary/aromatic N) is 1. The van der Waals surface area contributed by atoms with E-state index in [2.05, 4.69) is 16.0 Å².